The first-order valence-corrected chi connectivity index (χ1v) is 8.68. The van der Waals surface area contributed by atoms with E-state index in [0.29, 0.717) is 23.7 Å². The van der Waals surface area contributed by atoms with Crippen LogP contribution in [0, 0.1) is 0 Å². The zero-order valence-electron chi connectivity index (χ0n) is 15.9. The molecule has 0 aliphatic carbocycles. The number of primary amides is 1. The minimum absolute atomic E-state index is 0.0751. The maximum Gasteiger partial charge on any atom is 0.255 e. The zero-order chi connectivity index (χ0) is 19.8. The maximum absolute atomic E-state index is 12.3. The fourth-order valence-corrected chi connectivity index (χ4v) is 3.20. The first-order chi connectivity index (χ1) is 12.7. The van der Waals surface area contributed by atoms with Crippen LogP contribution in [-0.4, -0.2) is 35.3 Å². The Bertz CT molecular complexity index is 882. The molecule has 3 rings (SSSR count). The molecule has 2 amide bonds. The van der Waals surface area contributed by atoms with Crippen molar-refractivity contribution in [2.45, 2.75) is 38.6 Å². The number of nitrogens with zero attached hydrogens (tertiary/aromatic N) is 2. The Morgan fingerprint density at radius 1 is 1.37 bits per heavy atom. The SMILES string of the molecule is COc1ccc([C@@H]2CC(=O)Nc3c2cnn3C(C)(C)C)cc1OCC(N)=O. The number of carbonyl (C=O) groups is 2. The van der Waals surface area contributed by atoms with Gasteiger partial charge < -0.3 is 20.5 Å². The van der Waals surface area contributed by atoms with Crippen LogP contribution >= 0.6 is 0 Å². The molecule has 0 radical (unpaired) electrons. The molecule has 8 heteroatoms. The Morgan fingerprint density at radius 3 is 2.74 bits per heavy atom. The third kappa shape index (κ3) is 3.74. The van der Waals surface area contributed by atoms with Crippen molar-refractivity contribution in [3.05, 3.63) is 35.5 Å². The Kier molecular flexibility index (Phi) is 4.82. The monoisotopic (exact) mass is 372 g/mol. The third-order valence-electron chi connectivity index (χ3n) is 4.42. The summed E-state index contributed by atoms with van der Waals surface area (Å²) in [4.78, 5) is 23.4. The average molecular weight is 372 g/mol. The Hall–Kier alpha value is -3.03. The quantitative estimate of drug-likeness (QED) is 0.834. The minimum atomic E-state index is -0.576. The highest BCUT2D eigenvalue weighted by Crippen LogP contribution is 2.41. The molecule has 0 bridgehead atoms. The number of methoxy groups -OCH3 is 1. The fraction of sp³-hybridized carbons (Fsp3) is 0.421. The van der Waals surface area contributed by atoms with Gasteiger partial charge in [-0.1, -0.05) is 6.07 Å². The standard InChI is InChI=1S/C19H24N4O4/c1-19(2,3)23-18-13(9-21-23)12(8-17(25)22-18)11-5-6-14(26-4)15(7-11)27-10-16(20)24/h5-7,9,12H,8,10H2,1-4H3,(H2,20,24)(H,22,25)/t12-/m0/s1. The first kappa shape index (κ1) is 18.8. The van der Waals surface area contributed by atoms with Crippen LogP contribution in [0.25, 0.3) is 0 Å². The van der Waals surface area contributed by atoms with Crippen molar-refractivity contribution in [1.82, 2.24) is 9.78 Å². The second kappa shape index (κ2) is 6.94. The smallest absolute Gasteiger partial charge is 0.255 e. The molecule has 3 N–H and O–H groups in total. The number of benzene rings is 1. The lowest BCUT2D eigenvalue weighted by Crippen LogP contribution is -2.30. The largest absolute Gasteiger partial charge is 0.493 e. The molecule has 1 aromatic heterocycles. The lowest BCUT2D eigenvalue weighted by atomic mass is 9.87. The van der Waals surface area contributed by atoms with Gasteiger partial charge in [-0.15, -0.1) is 0 Å². The van der Waals surface area contributed by atoms with Gasteiger partial charge >= 0.3 is 0 Å². The molecule has 1 aromatic carbocycles. The van der Waals surface area contributed by atoms with E-state index in [1.165, 1.54) is 7.11 Å². The summed E-state index contributed by atoms with van der Waals surface area (Å²) in [6.07, 6.45) is 2.09. The van der Waals surface area contributed by atoms with E-state index in [-0.39, 0.29) is 24.0 Å². The number of hydrogen-bond donors (Lipinski definition) is 2. The number of nitrogens with two attached hydrogens (primary N) is 1. The van der Waals surface area contributed by atoms with Gasteiger partial charge in [-0.2, -0.15) is 5.10 Å². The summed E-state index contributed by atoms with van der Waals surface area (Å²) in [5.41, 5.74) is 6.72. The number of hydrogen-bond acceptors (Lipinski definition) is 5. The van der Waals surface area contributed by atoms with Gasteiger partial charge in [0.05, 0.1) is 18.8 Å². The van der Waals surface area contributed by atoms with Crippen LogP contribution < -0.4 is 20.5 Å². The van der Waals surface area contributed by atoms with E-state index in [9.17, 15) is 9.59 Å². The predicted octanol–water partition coefficient (Wildman–Crippen LogP) is 1.98. The number of amides is 2. The second-order valence-corrected chi connectivity index (χ2v) is 7.50. The number of rotatable bonds is 5. The van der Waals surface area contributed by atoms with Gasteiger partial charge in [-0.3, -0.25) is 9.59 Å². The van der Waals surface area contributed by atoms with Crippen LogP contribution in [0.3, 0.4) is 0 Å². The molecule has 1 aliphatic heterocycles. The van der Waals surface area contributed by atoms with Gasteiger partial charge in [0, 0.05) is 17.9 Å². The van der Waals surface area contributed by atoms with Gasteiger partial charge in [0.25, 0.3) is 5.91 Å². The van der Waals surface area contributed by atoms with Gasteiger partial charge in [0.1, 0.15) is 5.82 Å². The molecule has 0 saturated carbocycles. The minimum Gasteiger partial charge on any atom is -0.493 e. The van der Waals surface area contributed by atoms with Gasteiger partial charge in [-0.25, -0.2) is 4.68 Å². The summed E-state index contributed by atoms with van der Waals surface area (Å²) in [7, 11) is 1.52. The molecule has 0 fully saturated rings. The van der Waals surface area contributed by atoms with Crippen molar-refractivity contribution in [3.63, 3.8) is 0 Å². The van der Waals surface area contributed by atoms with Crippen LogP contribution in [0.1, 0.15) is 44.2 Å². The molecule has 0 spiro atoms. The summed E-state index contributed by atoms with van der Waals surface area (Å²) in [5.74, 6) is 0.781. The molecule has 144 valence electrons. The molecule has 8 nitrogen and oxygen atoms in total. The van der Waals surface area contributed by atoms with Crippen LogP contribution in [0.15, 0.2) is 24.4 Å². The van der Waals surface area contributed by atoms with Gasteiger partial charge in [0.2, 0.25) is 5.91 Å². The summed E-state index contributed by atoms with van der Waals surface area (Å²) >= 11 is 0. The van der Waals surface area contributed by atoms with E-state index in [0.717, 1.165) is 11.1 Å². The molecule has 2 heterocycles. The highest BCUT2D eigenvalue weighted by atomic mass is 16.5. The molecular weight excluding hydrogens is 348 g/mol. The molecule has 27 heavy (non-hydrogen) atoms. The van der Waals surface area contributed by atoms with Crippen molar-refractivity contribution < 1.29 is 19.1 Å². The topological polar surface area (TPSA) is 108 Å². The van der Waals surface area contributed by atoms with Crippen LogP contribution in [-0.2, 0) is 15.1 Å². The van der Waals surface area contributed by atoms with Crippen LogP contribution in [0.4, 0.5) is 5.82 Å². The van der Waals surface area contributed by atoms with Crippen molar-refractivity contribution in [2.75, 3.05) is 19.0 Å². The van der Waals surface area contributed by atoms with Gasteiger partial charge in [-0.05, 0) is 38.5 Å². The number of anilines is 1. The predicted molar refractivity (Wildman–Crippen MR) is 100.0 cm³/mol. The third-order valence-corrected chi connectivity index (χ3v) is 4.42. The molecule has 0 unspecified atom stereocenters. The number of ether oxygens (including phenoxy) is 2. The molecule has 1 atom stereocenters. The van der Waals surface area contributed by atoms with Crippen LogP contribution in [0.2, 0.25) is 0 Å². The number of carbonyl (C=O) groups excluding carboxylic acids is 2. The zero-order valence-corrected chi connectivity index (χ0v) is 15.9. The van der Waals surface area contributed by atoms with Crippen molar-refractivity contribution >= 4 is 17.6 Å². The number of fused-ring (bicyclic) bond motifs is 1. The molecule has 2 aromatic rings. The van der Waals surface area contributed by atoms with Crippen LogP contribution in [0.5, 0.6) is 11.5 Å². The van der Waals surface area contributed by atoms with Gasteiger partial charge in [0.15, 0.2) is 18.1 Å². The van der Waals surface area contributed by atoms with E-state index < -0.39 is 5.91 Å². The molecule has 1 aliphatic rings. The lowest BCUT2D eigenvalue weighted by Gasteiger charge is -2.28. The van der Waals surface area contributed by atoms with E-state index in [1.807, 2.05) is 31.5 Å². The Labute approximate surface area is 157 Å². The van der Waals surface area contributed by atoms with E-state index in [2.05, 4.69) is 10.4 Å². The van der Waals surface area contributed by atoms with E-state index in [4.69, 9.17) is 15.2 Å². The molecular formula is C19H24N4O4. The van der Waals surface area contributed by atoms with E-state index in [1.54, 1.807) is 18.3 Å². The lowest BCUT2D eigenvalue weighted by molar-refractivity contribution is -0.120. The Balaban J connectivity index is 2.02. The highest BCUT2D eigenvalue weighted by molar-refractivity contribution is 5.94. The summed E-state index contributed by atoms with van der Waals surface area (Å²) < 4.78 is 12.6. The summed E-state index contributed by atoms with van der Waals surface area (Å²) in [6, 6.07) is 5.42. The number of aromatic nitrogens is 2. The first-order valence-electron chi connectivity index (χ1n) is 8.68. The average Bonchev–Trinajstić information content (AvgIpc) is 3.02. The number of nitrogens with one attached hydrogen (secondary N) is 1. The normalized spacial score (nSPS) is 16.4. The van der Waals surface area contributed by atoms with Crippen molar-refractivity contribution in [2.24, 2.45) is 5.73 Å². The van der Waals surface area contributed by atoms with E-state index >= 15 is 0 Å². The maximum atomic E-state index is 12.3. The Morgan fingerprint density at radius 2 is 2.11 bits per heavy atom. The summed E-state index contributed by atoms with van der Waals surface area (Å²) in [6.45, 7) is 5.83. The fourth-order valence-electron chi connectivity index (χ4n) is 3.20. The van der Waals surface area contributed by atoms with Crippen molar-refractivity contribution in [1.29, 1.82) is 0 Å². The second-order valence-electron chi connectivity index (χ2n) is 7.50. The highest BCUT2D eigenvalue weighted by Gasteiger charge is 2.33. The summed E-state index contributed by atoms with van der Waals surface area (Å²) in [5, 5.41) is 7.42. The molecule has 0 saturated heterocycles. The van der Waals surface area contributed by atoms with Crippen molar-refractivity contribution in [3.8, 4) is 11.5 Å².